The highest BCUT2D eigenvalue weighted by Crippen LogP contribution is 2.31. The first-order chi connectivity index (χ1) is 12.4. The van der Waals surface area contributed by atoms with Crippen LogP contribution in [0.15, 0.2) is 66.9 Å². The van der Waals surface area contributed by atoms with Crippen molar-refractivity contribution < 1.29 is 0 Å². The van der Waals surface area contributed by atoms with E-state index in [1.165, 1.54) is 22.4 Å². The van der Waals surface area contributed by atoms with E-state index in [-0.39, 0.29) is 11.3 Å². The van der Waals surface area contributed by atoms with Crippen LogP contribution in [0.25, 0.3) is 0 Å². The van der Waals surface area contributed by atoms with Gasteiger partial charge in [0, 0.05) is 24.9 Å². The van der Waals surface area contributed by atoms with Crippen LogP contribution in [-0.2, 0) is 18.9 Å². The largest absolute Gasteiger partial charge is 0.354 e. The molecule has 132 valence electrons. The first kappa shape index (κ1) is 18.0. The molecule has 0 aliphatic rings. The Morgan fingerprint density at radius 1 is 0.923 bits per heavy atom. The molecule has 0 fully saturated rings. The van der Waals surface area contributed by atoms with Crippen molar-refractivity contribution in [1.82, 2.24) is 4.57 Å². The smallest absolute Gasteiger partial charge is 0.0991 e. The number of aryl methyl sites for hydroxylation is 1. The predicted octanol–water partition coefficient (Wildman–Crippen LogP) is 5.57. The van der Waals surface area contributed by atoms with Gasteiger partial charge in [0.2, 0.25) is 0 Å². The second-order valence-corrected chi connectivity index (χ2v) is 7.97. The zero-order valence-electron chi connectivity index (χ0n) is 16.0. The van der Waals surface area contributed by atoms with E-state index in [9.17, 15) is 0 Å². The Kier molecular flexibility index (Phi) is 5.00. The third-order valence-electron chi connectivity index (χ3n) is 5.09. The minimum atomic E-state index is 0.153. The van der Waals surface area contributed by atoms with Gasteiger partial charge in [0.15, 0.2) is 0 Å². The molecule has 3 aromatic rings. The van der Waals surface area contributed by atoms with E-state index >= 15 is 0 Å². The van der Waals surface area contributed by atoms with Crippen LogP contribution in [0, 0.1) is 11.3 Å². The monoisotopic (exact) mass is 342 g/mol. The number of rotatable bonds is 4. The molecule has 1 aromatic heterocycles. The molecule has 26 heavy (non-hydrogen) atoms. The third kappa shape index (κ3) is 3.89. The summed E-state index contributed by atoms with van der Waals surface area (Å²) in [6, 6.07) is 23.5. The van der Waals surface area contributed by atoms with Gasteiger partial charge in [-0.3, -0.25) is 0 Å². The maximum atomic E-state index is 9.08. The van der Waals surface area contributed by atoms with E-state index in [0.717, 1.165) is 6.42 Å². The van der Waals surface area contributed by atoms with Gasteiger partial charge in [0.1, 0.15) is 0 Å². The minimum absolute atomic E-state index is 0.153. The molecule has 3 rings (SSSR count). The van der Waals surface area contributed by atoms with Crippen molar-refractivity contribution in [3.63, 3.8) is 0 Å². The molecule has 2 nitrogen and oxygen atoms in total. The maximum absolute atomic E-state index is 9.08. The summed E-state index contributed by atoms with van der Waals surface area (Å²) in [5, 5.41) is 9.08. The van der Waals surface area contributed by atoms with Gasteiger partial charge in [-0.15, -0.1) is 0 Å². The van der Waals surface area contributed by atoms with Crippen LogP contribution in [-0.4, -0.2) is 4.57 Å². The molecule has 2 heteroatoms. The highest BCUT2D eigenvalue weighted by Gasteiger charge is 2.18. The van der Waals surface area contributed by atoms with Gasteiger partial charge in [-0.2, -0.15) is 5.26 Å². The lowest BCUT2D eigenvalue weighted by Crippen LogP contribution is -2.12. The van der Waals surface area contributed by atoms with Crippen LogP contribution < -0.4 is 0 Å². The fourth-order valence-corrected chi connectivity index (χ4v) is 3.35. The van der Waals surface area contributed by atoms with Crippen LogP contribution in [0.5, 0.6) is 0 Å². The number of nitriles is 1. The highest BCUT2D eigenvalue weighted by atomic mass is 14.9. The molecule has 0 bridgehead atoms. The highest BCUT2D eigenvalue weighted by molar-refractivity contribution is 5.40. The number of aromatic nitrogens is 1. The van der Waals surface area contributed by atoms with Gasteiger partial charge in [-0.05, 0) is 52.8 Å². The Hall–Kier alpha value is -2.79. The summed E-state index contributed by atoms with van der Waals surface area (Å²) >= 11 is 0. The van der Waals surface area contributed by atoms with Crippen molar-refractivity contribution in [3.8, 4) is 6.07 Å². The zero-order valence-corrected chi connectivity index (χ0v) is 16.0. The van der Waals surface area contributed by atoms with Crippen molar-refractivity contribution in [2.45, 2.75) is 38.5 Å². The number of hydrogen-bond acceptors (Lipinski definition) is 1. The predicted molar refractivity (Wildman–Crippen MR) is 107 cm³/mol. The van der Waals surface area contributed by atoms with Crippen molar-refractivity contribution >= 4 is 0 Å². The van der Waals surface area contributed by atoms with E-state index in [1.807, 2.05) is 12.1 Å². The second-order valence-electron chi connectivity index (χ2n) is 7.97. The fourth-order valence-electron chi connectivity index (χ4n) is 3.35. The molecular formula is C24H26N2. The molecule has 1 unspecified atom stereocenters. The van der Waals surface area contributed by atoms with Crippen molar-refractivity contribution in [2.24, 2.45) is 7.05 Å². The Bertz CT molecular complexity index is 901. The first-order valence-electron chi connectivity index (χ1n) is 9.09. The molecule has 0 saturated heterocycles. The molecule has 2 aromatic carbocycles. The van der Waals surface area contributed by atoms with E-state index in [4.69, 9.17) is 5.26 Å². The summed E-state index contributed by atoms with van der Waals surface area (Å²) in [6.45, 7) is 6.72. The topological polar surface area (TPSA) is 28.7 Å². The van der Waals surface area contributed by atoms with E-state index in [1.54, 1.807) is 0 Å². The SMILES string of the molecule is Cn1cccc1CC(c1ccc(C#N)cc1)c1ccc(C(C)(C)C)cc1. The van der Waals surface area contributed by atoms with Gasteiger partial charge < -0.3 is 4.57 Å². The van der Waals surface area contributed by atoms with Crippen LogP contribution in [0.4, 0.5) is 0 Å². The zero-order chi connectivity index (χ0) is 18.7. The average Bonchev–Trinajstić information content (AvgIpc) is 3.04. The summed E-state index contributed by atoms with van der Waals surface area (Å²) in [5.74, 6) is 0.269. The average molecular weight is 342 g/mol. The molecule has 0 spiro atoms. The summed E-state index contributed by atoms with van der Waals surface area (Å²) in [6.07, 6.45) is 3.03. The third-order valence-corrected chi connectivity index (χ3v) is 5.09. The van der Waals surface area contributed by atoms with Gasteiger partial charge in [0.25, 0.3) is 0 Å². The normalized spacial score (nSPS) is 12.6. The summed E-state index contributed by atoms with van der Waals surface area (Å²) in [7, 11) is 2.09. The van der Waals surface area contributed by atoms with Crippen molar-refractivity contribution in [2.75, 3.05) is 0 Å². The molecule has 0 N–H and O–H groups in total. The Labute approximate surface area is 156 Å². The van der Waals surface area contributed by atoms with Gasteiger partial charge >= 0.3 is 0 Å². The minimum Gasteiger partial charge on any atom is -0.354 e. The number of hydrogen-bond donors (Lipinski definition) is 0. The second kappa shape index (κ2) is 7.22. The lowest BCUT2D eigenvalue weighted by molar-refractivity contribution is 0.589. The van der Waals surface area contributed by atoms with Gasteiger partial charge in [0.05, 0.1) is 11.6 Å². The van der Waals surface area contributed by atoms with Crippen molar-refractivity contribution in [3.05, 3.63) is 94.8 Å². The molecule has 1 atom stereocenters. The molecular weight excluding hydrogens is 316 g/mol. The Morgan fingerprint density at radius 3 is 1.96 bits per heavy atom. The van der Waals surface area contributed by atoms with Gasteiger partial charge in [-0.1, -0.05) is 57.2 Å². The summed E-state index contributed by atoms with van der Waals surface area (Å²) < 4.78 is 2.18. The Balaban J connectivity index is 1.99. The standard InChI is InChI=1S/C24H26N2/c1-24(2,3)21-13-11-20(12-14-21)23(16-22-6-5-15-26(22)4)19-9-7-18(17-25)8-10-19/h5-15,23H,16H2,1-4H3. The summed E-state index contributed by atoms with van der Waals surface area (Å²) in [5.41, 5.74) is 6.06. The van der Waals surface area contributed by atoms with Crippen LogP contribution >= 0.6 is 0 Å². The number of benzene rings is 2. The molecule has 0 aliphatic heterocycles. The van der Waals surface area contributed by atoms with E-state index in [0.29, 0.717) is 5.56 Å². The lowest BCUT2D eigenvalue weighted by Gasteiger charge is -2.22. The molecule has 0 saturated carbocycles. The molecule has 1 heterocycles. The van der Waals surface area contributed by atoms with Gasteiger partial charge in [-0.25, -0.2) is 0 Å². The van der Waals surface area contributed by atoms with E-state index < -0.39 is 0 Å². The van der Waals surface area contributed by atoms with Crippen LogP contribution in [0.3, 0.4) is 0 Å². The molecule has 0 radical (unpaired) electrons. The Morgan fingerprint density at radius 2 is 1.50 bits per heavy atom. The number of nitrogens with zero attached hydrogens (tertiary/aromatic N) is 2. The van der Waals surface area contributed by atoms with Crippen LogP contribution in [0.2, 0.25) is 0 Å². The summed E-state index contributed by atoms with van der Waals surface area (Å²) in [4.78, 5) is 0. The quantitative estimate of drug-likeness (QED) is 0.609. The van der Waals surface area contributed by atoms with Crippen LogP contribution in [0.1, 0.15) is 54.6 Å². The molecule has 0 amide bonds. The fraction of sp³-hybridized carbons (Fsp3) is 0.292. The molecule has 0 aliphatic carbocycles. The maximum Gasteiger partial charge on any atom is 0.0991 e. The van der Waals surface area contributed by atoms with E-state index in [2.05, 4.69) is 93.2 Å². The first-order valence-corrected chi connectivity index (χ1v) is 9.09. The van der Waals surface area contributed by atoms with Crippen molar-refractivity contribution in [1.29, 1.82) is 5.26 Å². The lowest BCUT2D eigenvalue weighted by atomic mass is 9.83.